The van der Waals surface area contributed by atoms with Gasteiger partial charge in [0.1, 0.15) is 5.69 Å². The summed E-state index contributed by atoms with van der Waals surface area (Å²) in [6.07, 6.45) is 5.56. The highest BCUT2D eigenvalue weighted by atomic mass is 35.5. The van der Waals surface area contributed by atoms with Crippen molar-refractivity contribution >= 4 is 17.3 Å². The quantitative estimate of drug-likeness (QED) is 0.829. The minimum atomic E-state index is -0.311. The molecule has 0 aliphatic heterocycles. The highest BCUT2D eigenvalue weighted by Crippen LogP contribution is 2.08. The third-order valence-electron chi connectivity index (χ3n) is 2.39. The molecule has 0 aromatic carbocycles. The molecule has 2 N–H and O–H groups in total. The summed E-state index contributed by atoms with van der Waals surface area (Å²) >= 11 is 5.64. The SMILES string of the molecule is Nc1c(Cl)ncn(CCc2cccnc2)c1=O. The molecule has 88 valence electrons. The summed E-state index contributed by atoms with van der Waals surface area (Å²) < 4.78 is 1.44. The molecule has 0 aliphatic rings. The lowest BCUT2D eigenvalue weighted by molar-refractivity contribution is 0.656. The van der Waals surface area contributed by atoms with E-state index in [4.69, 9.17) is 17.3 Å². The van der Waals surface area contributed by atoms with Crippen molar-refractivity contribution in [3.8, 4) is 0 Å². The molecular weight excluding hydrogens is 240 g/mol. The Hall–Kier alpha value is -1.88. The smallest absolute Gasteiger partial charge is 0.278 e. The van der Waals surface area contributed by atoms with Gasteiger partial charge >= 0.3 is 0 Å². The molecule has 0 amide bonds. The number of halogens is 1. The van der Waals surface area contributed by atoms with E-state index in [-0.39, 0.29) is 16.4 Å². The molecular formula is C11H11ClN4O. The lowest BCUT2D eigenvalue weighted by Gasteiger charge is -2.06. The van der Waals surface area contributed by atoms with Gasteiger partial charge in [-0.05, 0) is 18.1 Å². The van der Waals surface area contributed by atoms with E-state index in [0.717, 1.165) is 5.56 Å². The summed E-state index contributed by atoms with van der Waals surface area (Å²) in [6, 6.07) is 3.80. The predicted octanol–water partition coefficient (Wildman–Crippen LogP) is 1.12. The van der Waals surface area contributed by atoms with Crippen LogP contribution in [0.5, 0.6) is 0 Å². The molecule has 0 atom stereocenters. The molecule has 0 fully saturated rings. The number of anilines is 1. The molecule has 17 heavy (non-hydrogen) atoms. The minimum absolute atomic E-state index is 0.0136. The fraction of sp³-hybridized carbons (Fsp3) is 0.182. The number of nitrogens with zero attached hydrogens (tertiary/aromatic N) is 3. The van der Waals surface area contributed by atoms with E-state index in [1.807, 2.05) is 12.1 Å². The van der Waals surface area contributed by atoms with Crippen LogP contribution in [-0.4, -0.2) is 14.5 Å². The monoisotopic (exact) mass is 250 g/mol. The highest BCUT2D eigenvalue weighted by molar-refractivity contribution is 6.31. The maximum atomic E-state index is 11.7. The topological polar surface area (TPSA) is 73.8 Å². The Balaban J connectivity index is 2.16. The van der Waals surface area contributed by atoms with Gasteiger partial charge in [0, 0.05) is 18.9 Å². The Morgan fingerprint density at radius 1 is 1.47 bits per heavy atom. The molecule has 6 heteroatoms. The number of hydrogen-bond donors (Lipinski definition) is 1. The van der Waals surface area contributed by atoms with Gasteiger partial charge in [-0.3, -0.25) is 14.3 Å². The van der Waals surface area contributed by atoms with Crippen LogP contribution in [-0.2, 0) is 13.0 Å². The van der Waals surface area contributed by atoms with E-state index in [1.54, 1.807) is 12.4 Å². The van der Waals surface area contributed by atoms with Crippen LogP contribution in [0.15, 0.2) is 35.6 Å². The first kappa shape index (κ1) is 11.6. The molecule has 0 unspecified atom stereocenters. The summed E-state index contributed by atoms with van der Waals surface area (Å²) in [5.74, 6) is 0. The number of aromatic nitrogens is 3. The molecule has 0 saturated heterocycles. The fourth-order valence-electron chi connectivity index (χ4n) is 1.44. The first-order valence-electron chi connectivity index (χ1n) is 5.08. The molecule has 0 radical (unpaired) electrons. The Bertz CT molecular complexity index is 567. The van der Waals surface area contributed by atoms with Gasteiger partial charge in [0.15, 0.2) is 5.15 Å². The second-order valence-electron chi connectivity index (χ2n) is 3.56. The Morgan fingerprint density at radius 2 is 2.29 bits per heavy atom. The van der Waals surface area contributed by atoms with Crippen LogP contribution in [0.2, 0.25) is 5.15 Å². The average molecular weight is 251 g/mol. The molecule has 0 saturated carbocycles. The number of rotatable bonds is 3. The third kappa shape index (κ3) is 2.62. The van der Waals surface area contributed by atoms with Crippen LogP contribution in [0.25, 0.3) is 0 Å². The zero-order valence-corrected chi connectivity index (χ0v) is 9.76. The largest absolute Gasteiger partial charge is 0.392 e. The number of hydrogen-bond acceptors (Lipinski definition) is 4. The second kappa shape index (κ2) is 4.97. The predicted molar refractivity (Wildman–Crippen MR) is 65.9 cm³/mol. The summed E-state index contributed by atoms with van der Waals surface area (Å²) in [4.78, 5) is 19.6. The van der Waals surface area contributed by atoms with Gasteiger partial charge < -0.3 is 5.73 Å². The summed E-state index contributed by atoms with van der Waals surface area (Å²) in [5.41, 5.74) is 6.24. The van der Waals surface area contributed by atoms with E-state index in [1.165, 1.54) is 10.9 Å². The van der Waals surface area contributed by atoms with E-state index < -0.39 is 0 Å². The zero-order chi connectivity index (χ0) is 12.3. The van der Waals surface area contributed by atoms with Gasteiger partial charge in [0.05, 0.1) is 6.33 Å². The zero-order valence-electron chi connectivity index (χ0n) is 9.01. The normalized spacial score (nSPS) is 10.4. The van der Waals surface area contributed by atoms with Gasteiger partial charge in [-0.1, -0.05) is 17.7 Å². The van der Waals surface area contributed by atoms with Gasteiger partial charge in [-0.25, -0.2) is 4.98 Å². The first-order chi connectivity index (χ1) is 8.18. The van der Waals surface area contributed by atoms with Crippen LogP contribution < -0.4 is 11.3 Å². The fourth-order valence-corrected chi connectivity index (χ4v) is 1.56. The average Bonchev–Trinajstić information content (AvgIpc) is 2.36. The number of nitrogen functional groups attached to an aromatic ring is 1. The molecule has 2 rings (SSSR count). The van der Waals surface area contributed by atoms with Crippen molar-refractivity contribution in [3.05, 3.63) is 51.9 Å². The number of pyridine rings is 1. The van der Waals surface area contributed by atoms with E-state index in [9.17, 15) is 4.79 Å². The maximum absolute atomic E-state index is 11.7. The van der Waals surface area contributed by atoms with Crippen molar-refractivity contribution in [2.45, 2.75) is 13.0 Å². The Kier molecular flexibility index (Phi) is 3.39. The number of nitrogens with two attached hydrogens (primary N) is 1. The van der Waals surface area contributed by atoms with Crippen LogP contribution in [0.4, 0.5) is 5.69 Å². The van der Waals surface area contributed by atoms with E-state index >= 15 is 0 Å². The van der Waals surface area contributed by atoms with Crippen molar-refractivity contribution in [1.29, 1.82) is 0 Å². The van der Waals surface area contributed by atoms with Crippen LogP contribution in [0.3, 0.4) is 0 Å². The lowest BCUT2D eigenvalue weighted by Crippen LogP contribution is -2.24. The van der Waals surface area contributed by atoms with Crippen molar-refractivity contribution in [2.24, 2.45) is 0 Å². The van der Waals surface area contributed by atoms with Crippen molar-refractivity contribution in [3.63, 3.8) is 0 Å². The third-order valence-corrected chi connectivity index (χ3v) is 2.69. The molecule has 2 heterocycles. The summed E-state index contributed by atoms with van der Waals surface area (Å²) in [5, 5.41) is 0.0487. The molecule has 0 bridgehead atoms. The highest BCUT2D eigenvalue weighted by Gasteiger charge is 2.05. The Morgan fingerprint density at radius 3 is 3.00 bits per heavy atom. The molecule has 0 aliphatic carbocycles. The van der Waals surface area contributed by atoms with Gasteiger partial charge in [0.2, 0.25) is 0 Å². The van der Waals surface area contributed by atoms with Gasteiger partial charge in [0.25, 0.3) is 5.56 Å². The molecule has 2 aromatic heterocycles. The second-order valence-corrected chi connectivity index (χ2v) is 3.92. The van der Waals surface area contributed by atoms with Crippen molar-refractivity contribution < 1.29 is 0 Å². The van der Waals surface area contributed by atoms with Crippen LogP contribution >= 0.6 is 11.6 Å². The molecule has 5 nitrogen and oxygen atoms in total. The Labute approximate surface area is 103 Å². The van der Waals surface area contributed by atoms with E-state index in [0.29, 0.717) is 13.0 Å². The van der Waals surface area contributed by atoms with Crippen molar-refractivity contribution in [1.82, 2.24) is 14.5 Å². The van der Waals surface area contributed by atoms with Crippen LogP contribution in [0.1, 0.15) is 5.56 Å². The lowest BCUT2D eigenvalue weighted by atomic mass is 10.2. The summed E-state index contributed by atoms with van der Waals surface area (Å²) in [7, 11) is 0. The summed E-state index contributed by atoms with van der Waals surface area (Å²) in [6.45, 7) is 0.499. The first-order valence-corrected chi connectivity index (χ1v) is 5.45. The van der Waals surface area contributed by atoms with Crippen LogP contribution in [0, 0.1) is 0 Å². The van der Waals surface area contributed by atoms with Gasteiger partial charge in [-0.2, -0.15) is 0 Å². The van der Waals surface area contributed by atoms with E-state index in [2.05, 4.69) is 9.97 Å². The van der Waals surface area contributed by atoms with Gasteiger partial charge in [-0.15, -0.1) is 0 Å². The minimum Gasteiger partial charge on any atom is -0.392 e. The number of aryl methyl sites for hydroxylation is 2. The molecule has 2 aromatic rings. The molecule has 0 spiro atoms. The maximum Gasteiger partial charge on any atom is 0.278 e. The standard InChI is InChI=1S/C11H11ClN4O/c12-10-9(13)11(17)16(7-15-10)5-3-8-2-1-4-14-6-8/h1-2,4,6-7H,3,5,13H2. The van der Waals surface area contributed by atoms with Crippen molar-refractivity contribution in [2.75, 3.05) is 5.73 Å².